The van der Waals surface area contributed by atoms with Gasteiger partial charge in [-0.25, -0.2) is 0 Å². The molecule has 0 unspecified atom stereocenters. The number of rotatable bonds is 9. The normalized spacial score (nSPS) is 35.9. The Morgan fingerprint density at radius 3 is 1.21 bits per heavy atom. The molecule has 0 radical (unpaired) electrons. The van der Waals surface area contributed by atoms with Crippen LogP contribution in [0.4, 0.5) is 0 Å². The molecule has 190 valence electrons. The number of carbonyl (C=O) groups is 7. The lowest BCUT2D eigenvalue weighted by atomic mass is 9.49. The zero-order valence-corrected chi connectivity index (χ0v) is 20.9. The highest BCUT2D eigenvalue weighted by atomic mass is 79.9. The molecule has 0 amide bonds. The number of carbonyl (C=O) groups excluding carboxylic acids is 7. The monoisotopic (exact) mass is 552 g/mol. The van der Waals surface area contributed by atoms with Crippen molar-refractivity contribution in [3.8, 4) is 0 Å². The van der Waals surface area contributed by atoms with Gasteiger partial charge in [-0.2, -0.15) is 0 Å². The molecule has 0 aromatic carbocycles. The van der Waals surface area contributed by atoms with E-state index < -0.39 is 74.3 Å². The molecule has 1 fully saturated rings. The fraction of sp³-hybridized carbons (Fsp3) is 0.650. The van der Waals surface area contributed by atoms with Crippen LogP contribution in [0.25, 0.3) is 0 Å². The van der Waals surface area contributed by atoms with E-state index in [1.807, 2.05) is 0 Å². The van der Waals surface area contributed by atoms with E-state index in [2.05, 4.69) is 16.3 Å². The lowest BCUT2D eigenvalue weighted by Crippen LogP contribution is -2.98. The minimum atomic E-state index is -4.23. The maximum absolute atomic E-state index is 13.1. The average molecular weight is 553 g/mol. The predicted octanol–water partition coefficient (Wildman–Crippen LogP) is -2.17. The van der Waals surface area contributed by atoms with Crippen molar-refractivity contribution in [2.24, 2.45) is 0 Å². The van der Waals surface area contributed by atoms with Crippen LogP contribution in [0.2, 0.25) is 0 Å². The number of Topliss-reactive ketones (excluding diaryl/α,β-unsaturated/α-hetero) is 7. The van der Waals surface area contributed by atoms with Gasteiger partial charge >= 0.3 is 0 Å². The van der Waals surface area contributed by atoms with Crippen LogP contribution in [-0.2, 0) is 42.1 Å². The average Bonchev–Trinajstić information content (AvgIpc) is 2.70. The fourth-order valence-corrected chi connectivity index (χ4v) is 5.26. The molecule has 1 aliphatic rings. The van der Waals surface area contributed by atoms with Gasteiger partial charge in [0, 0.05) is 6.92 Å². The van der Waals surface area contributed by atoms with Crippen molar-refractivity contribution in [1.82, 2.24) is 0 Å². The van der Waals surface area contributed by atoms with Gasteiger partial charge in [-0.1, -0.05) is 0 Å². The molecule has 1 saturated heterocycles. The summed E-state index contributed by atoms with van der Waals surface area (Å²) >= 11 is 2.32. The lowest BCUT2D eigenvalue weighted by molar-refractivity contribution is -0.409. The number of ketones is 7. The standard InChI is InChI=1S/C20H25BrO13/c1-8(22)15(29,9(2)23)19(13(6)27)17(31,11(4)25)16(30,10(3)24)18(32,12(5)26)20(33-19,34-21)14(7)28/h29-32H,1-7H3/t16-,17-,18+,19+,20+/m0/s1. The Labute approximate surface area is 201 Å². The SMILES string of the molecule is CC(=O)C(O)(C(C)=O)[C@@]1(C(C)=O)O[C@@](OBr)(C(C)=O)[C@@](O)(C(C)=O)[C@](O)(C(C)=O)[C@@]1(O)C(C)=O. The van der Waals surface area contributed by atoms with E-state index in [4.69, 9.17) is 8.57 Å². The summed E-state index contributed by atoms with van der Waals surface area (Å²) < 4.78 is 10.1. The Morgan fingerprint density at radius 2 is 1.00 bits per heavy atom. The quantitative estimate of drug-likeness (QED) is 0.224. The predicted molar refractivity (Wildman–Crippen MR) is 111 cm³/mol. The lowest BCUT2D eigenvalue weighted by Gasteiger charge is -2.66. The topological polar surface area (TPSA) is 219 Å². The summed E-state index contributed by atoms with van der Waals surface area (Å²) in [7, 11) is 0. The highest BCUT2D eigenvalue weighted by Gasteiger charge is 2.93. The Kier molecular flexibility index (Phi) is 7.53. The number of aliphatic hydroxyl groups is 4. The Hall–Kier alpha value is -2.07. The Balaban J connectivity index is 4.84. The molecule has 1 rings (SSSR count). The van der Waals surface area contributed by atoms with E-state index >= 15 is 0 Å². The molecule has 0 saturated carbocycles. The molecular weight excluding hydrogens is 528 g/mol. The van der Waals surface area contributed by atoms with Gasteiger partial charge in [0.05, 0.1) is 0 Å². The molecule has 13 nitrogen and oxygen atoms in total. The van der Waals surface area contributed by atoms with Crippen molar-refractivity contribution < 1.29 is 62.6 Å². The van der Waals surface area contributed by atoms with Gasteiger partial charge in [0.25, 0.3) is 5.79 Å². The molecule has 0 aliphatic carbocycles. The molecule has 0 bridgehead atoms. The molecule has 0 aromatic heterocycles. The van der Waals surface area contributed by atoms with Gasteiger partial charge < -0.3 is 25.2 Å². The van der Waals surface area contributed by atoms with E-state index in [-0.39, 0.29) is 0 Å². The molecular formula is C20H25BrO13. The Morgan fingerprint density at radius 1 is 0.647 bits per heavy atom. The van der Waals surface area contributed by atoms with Gasteiger partial charge in [-0.3, -0.25) is 37.4 Å². The molecule has 14 heteroatoms. The summed E-state index contributed by atoms with van der Waals surface area (Å²) in [5, 5.41) is 46.1. The van der Waals surface area contributed by atoms with E-state index in [1.165, 1.54) is 0 Å². The molecule has 0 aromatic rings. The number of halogens is 1. The van der Waals surface area contributed by atoms with Crippen LogP contribution in [0.15, 0.2) is 0 Å². The highest BCUT2D eigenvalue weighted by molar-refractivity contribution is 9.06. The first-order valence-corrected chi connectivity index (χ1v) is 10.2. The largest absolute Gasteiger partial charge is 0.376 e. The van der Waals surface area contributed by atoms with Crippen molar-refractivity contribution in [3.63, 3.8) is 0 Å². The maximum atomic E-state index is 13.1. The van der Waals surface area contributed by atoms with Crippen LogP contribution in [0, 0.1) is 0 Å². The van der Waals surface area contributed by atoms with Crippen LogP contribution in [0.1, 0.15) is 48.5 Å². The zero-order valence-electron chi connectivity index (χ0n) is 19.3. The van der Waals surface area contributed by atoms with Crippen LogP contribution in [0.3, 0.4) is 0 Å². The van der Waals surface area contributed by atoms with E-state index in [1.54, 1.807) is 0 Å². The summed E-state index contributed by atoms with van der Waals surface area (Å²) in [6.45, 7) is 3.58. The second-order valence-corrected chi connectivity index (χ2v) is 8.54. The van der Waals surface area contributed by atoms with Crippen molar-refractivity contribution in [2.45, 2.75) is 82.3 Å². The number of hydrogen-bond acceptors (Lipinski definition) is 13. The molecule has 34 heavy (non-hydrogen) atoms. The molecule has 4 N–H and O–H groups in total. The van der Waals surface area contributed by atoms with Gasteiger partial charge in [0.1, 0.15) is 16.3 Å². The van der Waals surface area contributed by atoms with Gasteiger partial charge in [0.15, 0.2) is 40.5 Å². The third-order valence-corrected chi connectivity index (χ3v) is 6.91. The van der Waals surface area contributed by atoms with E-state index in [0.29, 0.717) is 48.5 Å². The summed E-state index contributed by atoms with van der Waals surface area (Å²) in [6.07, 6.45) is 0. The van der Waals surface area contributed by atoms with E-state index in [0.717, 1.165) is 0 Å². The van der Waals surface area contributed by atoms with Gasteiger partial charge in [-0.05, 0) is 41.5 Å². The first kappa shape index (κ1) is 30.0. The van der Waals surface area contributed by atoms with Crippen LogP contribution >= 0.6 is 16.3 Å². The second-order valence-electron chi connectivity index (χ2n) is 8.21. The summed E-state index contributed by atoms with van der Waals surface area (Å²) in [5.41, 5.74) is -20.3. The van der Waals surface area contributed by atoms with Crippen LogP contribution < -0.4 is 0 Å². The smallest absolute Gasteiger partial charge is 0.281 e. The molecule has 5 atom stereocenters. The maximum Gasteiger partial charge on any atom is 0.281 e. The van der Waals surface area contributed by atoms with E-state index in [9.17, 15) is 54.0 Å². The zero-order chi connectivity index (χ0) is 27.5. The Bertz CT molecular complexity index is 1010. The second kappa shape index (κ2) is 8.55. The summed E-state index contributed by atoms with van der Waals surface area (Å²) in [6, 6.07) is 0. The van der Waals surface area contributed by atoms with Crippen molar-refractivity contribution in [1.29, 1.82) is 0 Å². The van der Waals surface area contributed by atoms with Crippen molar-refractivity contribution >= 4 is 56.7 Å². The fourth-order valence-electron chi connectivity index (χ4n) is 4.73. The number of hydrogen-bond donors (Lipinski definition) is 4. The highest BCUT2D eigenvalue weighted by Crippen LogP contribution is 2.59. The number of ether oxygens (including phenoxy) is 1. The van der Waals surface area contributed by atoms with Crippen molar-refractivity contribution in [3.05, 3.63) is 0 Å². The molecule has 1 aliphatic heterocycles. The third-order valence-electron chi connectivity index (χ3n) is 6.45. The first-order chi connectivity index (χ1) is 15.1. The first-order valence-electron chi connectivity index (χ1n) is 9.59. The van der Waals surface area contributed by atoms with Crippen LogP contribution in [-0.4, -0.2) is 94.7 Å². The molecule has 1 heterocycles. The van der Waals surface area contributed by atoms with Crippen LogP contribution in [0.5, 0.6) is 0 Å². The minimum Gasteiger partial charge on any atom is -0.376 e. The summed E-state index contributed by atoms with van der Waals surface area (Å²) in [5.74, 6) is -15.6. The van der Waals surface area contributed by atoms with Gasteiger partial charge in [-0.15, -0.1) is 0 Å². The van der Waals surface area contributed by atoms with Gasteiger partial charge in [0.2, 0.25) is 28.0 Å². The summed E-state index contributed by atoms with van der Waals surface area (Å²) in [4.78, 5) is 89.7. The molecule has 0 spiro atoms. The minimum absolute atomic E-state index is 0.450. The third kappa shape index (κ3) is 2.84. The van der Waals surface area contributed by atoms with Crippen molar-refractivity contribution in [2.75, 3.05) is 0 Å².